The van der Waals surface area contributed by atoms with Gasteiger partial charge in [-0.05, 0) is 46.8 Å². The van der Waals surface area contributed by atoms with Crippen LogP contribution in [0.5, 0.6) is 5.75 Å². The molecule has 0 saturated carbocycles. The standard InChI is InChI=1S/C26H41O2/c1-10-11-12-18(2)13-19(3)21(17-27)14-20-15-22(25(4,5)6)24(28)23(16-20)26(7,8)9/h15-16,18,28H,10-14H2,1-9H3. The first kappa shape index (κ1) is 24.5. The maximum atomic E-state index is 11.7. The topological polar surface area (TPSA) is 37.3 Å². The number of unbranched alkanes of at least 4 members (excludes halogenated alkanes) is 1. The zero-order valence-electron chi connectivity index (χ0n) is 19.6. The van der Waals surface area contributed by atoms with E-state index in [2.05, 4.69) is 80.7 Å². The first-order valence-electron chi connectivity index (χ1n) is 10.7. The Hall–Kier alpha value is -1.57. The van der Waals surface area contributed by atoms with Crippen molar-refractivity contribution in [3.63, 3.8) is 0 Å². The van der Waals surface area contributed by atoms with Gasteiger partial charge in [0.1, 0.15) is 5.75 Å². The monoisotopic (exact) mass is 385 g/mol. The molecule has 28 heavy (non-hydrogen) atoms. The fourth-order valence-electron chi connectivity index (χ4n) is 3.72. The average molecular weight is 386 g/mol. The van der Waals surface area contributed by atoms with Crippen LogP contribution in [-0.2, 0) is 22.0 Å². The Kier molecular flexibility index (Phi) is 8.53. The van der Waals surface area contributed by atoms with Crippen LogP contribution in [0.2, 0.25) is 0 Å². The molecule has 1 radical (unpaired) electrons. The number of phenols is 1. The van der Waals surface area contributed by atoms with Crippen LogP contribution in [0.25, 0.3) is 0 Å². The molecule has 0 bridgehead atoms. The summed E-state index contributed by atoms with van der Waals surface area (Å²) in [5.74, 6) is 0.965. The summed E-state index contributed by atoms with van der Waals surface area (Å²) in [6.45, 7) is 19.2. The van der Waals surface area contributed by atoms with Crippen molar-refractivity contribution in [3.8, 4) is 5.75 Å². The predicted octanol–water partition coefficient (Wildman–Crippen LogP) is 7.17. The van der Waals surface area contributed by atoms with Crippen molar-refractivity contribution < 1.29 is 9.90 Å². The minimum Gasteiger partial charge on any atom is -0.507 e. The van der Waals surface area contributed by atoms with Crippen molar-refractivity contribution in [2.24, 2.45) is 5.92 Å². The molecular formula is C26H41O2. The van der Waals surface area contributed by atoms with Crippen LogP contribution in [0.15, 0.2) is 23.3 Å². The molecule has 1 aromatic carbocycles. The molecule has 157 valence electrons. The molecule has 1 N–H and O–H groups in total. The van der Waals surface area contributed by atoms with Crippen LogP contribution < -0.4 is 0 Å². The number of allylic oxidation sites excluding steroid dienone is 2. The maximum absolute atomic E-state index is 11.7. The molecule has 2 heteroatoms. The number of carbonyl (C=O) groups excluding carboxylic acids is 1. The first-order chi connectivity index (χ1) is 12.8. The molecule has 1 rings (SSSR count). The zero-order chi connectivity index (χ0) is 21.7. The van der Waals surface area contributed by atoms with Gasteiger partial charge in [-0.1, -0.05) is 92.4 Å². The Morgan fingerprint density at radius 1 is 1.07 bits per heavy atom. The summed E-state index contributed by atoms with van der Waals surface area (Å²) in [6, 6.07) is 4.13. The first-order valence-corrected chi connectivity index (χ1v) is 10.7. The van der Waals surface area contributed by atoms with Crippen molar-refractivity contribution in [1.29, 1.82) is 0 Å². The number of rotatable bonds is 8. The molecule has 0 aliphatic heterocycles. The second-order valence-electron chi connectivity index (χ2n) is 10.5. The van der Waals surface area contributed by atoms with Crippen molar-refractivity contribution in [2.45, 2.75) is 105 Å². The number of aromatic hydroxyl groups is 1. The van der Waals surface area contributed by atoms with E-state index in [0.29, 0.717) is 18.1 Å². The van der Waals surface area contributed by atoms with Crippen LogP contribution in [0.1, 0.15) is 105 Å². The molecule has 0 aliphatic rings. The SMILES string of the molecule is CCCCC(C)CC(C)=C([C]=O)Cc1cc(C(C)(C)C)c(O)c(C(C)(C)C)c1. The Morgan fingerprint density at radius 2 is 1.57 bits per heavy atom. The molecule has 0 aliphatic carbocycles. The second kappa shape index (κ2) is 9.76. The van der Waals surface area contributed by atoms with Gasteiger partial charge >= 0.3 is 0 Å². The molecule has 1 atom stereocenters. The van der Waals surface area contributed by atoms with E-state index in [9.17, 15) is 9.90 Å². The van der Waals surface area contributed by atoms with Gasteiger partial charge < -0.3 is 5.11 Å². The summed E-state index contributed by atoms with van der Waals surface area (Å²) in [7, 11) is 0. The van der Waals surface area contributed by atoms with Gasteiger partial charge in [0.25, 0.3) is 0 Å². The normalized spacial score (nSPS) is 14.6. The molecule has 0 aromatic heterocycles. The highest BCUT2D eigenvalue weighted by molar-refractivity contribution is 5.76. The largest absolute Gasteiger partial charge is 0.507 e. The van der Waals surface area contributed by atoms with Crippen molar-refractivity contribution in [1.82, 2.24) is 0 Å². The van der Waals surface area contributed by atoms with E-state index in [1.165, 1.54) is 19.3 Å². The molecule has 0 spiro atoms. The maximum Gasteiger partial charge on any atom is 0.229 e. The van der Waals surface area contributed by atoms with Gasteiger partial charge in [0, 0.05) is 12.0 Å². The van der Waals surface area contributed by atoms with Crippen LogP contribution in [0, 0.1) is 5.92 Å². The lowest BCUT2D eigenvalue weighted by Crippen LogP contribution is -2.18. The van der Waals surface area contributed by atoms with E-state index in [0.717, 1.165) is 34.3 Å². The van der Waals surface area contributed by atoms with E-state index in [-0.39, 0.29) is 10.8 Å². The minimum atomic E-state index is -0.168. The summed E-state index contributed by atoms with van der Waals surface area (Å²) in [6.07, 6.45) is 7.36. The molecule has 0 fully saturated rings. The second-order valence-corrected chi connectivity index (χ2v) is 10.5. The molecule has 1 unspecified atom stereocenters. The van der Waals surface area contributed by atoms with Gasteiger partial charge in [-0.3, -0.25) is 4.79 Å². The van der Waals surface area contributed by atoms with Gasteiger partial charge in [-0.2, -0.15) is 0 Å². The van der Waals surface area contributed by atoms with E-state index in [4.69, 9.17) is 0 Å². The van der Waals surface area contributed by atoms with Crippen LogP contribution in [-0.4, -0.2) is 11.4 Å². The zero-order valence-corrected chi connectivity index (χ0v) is 19.6. The quantitative estimate of drug-likeness (QED) is 0.481. The van der Waals surface area contributed by atoms with Crippen molar-refractivity contribution in [2.75, 3.05) is 0 Å². The highest BCUT2D eigenvalue weighted by Crippen LogP contribution is 2.40. The van der Waals surface area contributed by atoms with Crippen LogP contribution in [0.4, 0.5) is 0 Å². The molecule has 0 amide bonds. The summed E-state index contributed by atoms with van der Waals surface area (Å²) < 4.78 is 0. The van der Waals surface area contributed by atoms with Crippen LogP contribution >= 0.6 is 0 Å². The number of benzene rings is 1. The fraction of sp³-hybridized carbons (Fsp3) is 0.654. The third-order valence-corrected chi connectivity index (χ3v) is 5.51. The summed E-state index contributed by atoms with van der Waals surface area (Å²) in [5.41, 5.74) is 4.52. The lowest BCUT2D eigenvalue weighted by Gasteiger charge is -2.28. The molecular weight excluding hydrogens is 344 g/mol. The Labute approximate surface area is 173 Å². The van der Waals surface area contributed by atoms with E-state index in [1.54, 1.807) is 0 Å². The van der Waals surface area contributed by atoms with Crippen molar-refractivity contribution in [3.05, 3.63) is 40.0 Å². The summed E-state index contributed by atoms with van der Waals surface area (Å²) >= 11 is 0. The van der Waals surface area contributed by atoms with Crippen LogP contribution in [0.3, 0.4) is 0 Å². The van der Waals surface area contributed by atoms with E-state index >= 15 is 0 Å². The molecule has 2 nitrogen and oxygen atoms in total. The molecule has 0 saturated heterocycles. The lowest BCUT2D eigenvalue weighted by atomic mass is 9.77. The van der Waals surface area contributed by atoms with Crippen molar-refractivity contribution >= 4 is 6.29 Å². The fourth-order valence-corrected chi connectivity index (χ4v) is 3.72. The molecule has 0 heterocycles. The lowest BCUT2D eigenvalue weighted by molar-refractivity contribution is 0.423. The highest BCUT2D eigenvalue weighted by Gasteiger charge is 2.26. The third kappa shape index (κ3) is 6.79. The number of hydrogen-bond acceptors (Lipinski definition) is 2. The van der Waals surface area contributed by atoms with E-state index < -0.39 is 0 Å². The predicted molar refractivity (Wildman–Crippen MR) is 121 cm³/mol. The highest BCUT2D eigenvalue weighted by atomic mass is 16.3. The summed E-state index contributed by atoms with van der Waals surface area (Å²) in [4.78, 5) is 11.7. The average Bonchev–Trinajstić information content (AvgIpc) is 2.56. The van der Waals surface area contributed by atoms with Gasteiger partial charge in [0.05, 0.1) is 0 Å². The Bertz CT molecular complexity index is 661. The minimum absolute atomic E-state index is 0.168. The Balaban J connectivity index is 3.31. The van der Waals surface area contributed by atoms with Gasteiger partial charge in [0.2, 0.25) is 6.29 Å². The van der Waals surface area contributed by atoms with Gasteiger partial charge in [-0.25, -0.2) is 0 Å². The molecule has 1 aromatic rings. The van der Waals surface area contributed by atoms with E-state index in [1.807, 2.05) is 0 Å². The number of hydrogen-bond donors (Lipinski definition) is 1. The Morgan fingerprint density at radius 3 is 1.96 bits per heavy atom. The van der Waals surface area contributed by atoms with Gasteiger partial charge in [0.15, 0.2) is 0 Å². The van der Waals surface area contributed by atoms with Gasteiger partial charge in [-0.15, -0.1) is 0 Å². The third-order valence-electron chi connectivity index (χ3n) is 5.51. The number of phenolic OH excluding ortho intramolecular Hbond substituents is 1. The summed E-state index contributed by atoms with van der Waals surface area (Å²) in [5, 5.41) is 10.9. The smallest absolute Gasteiger partial charge is 0.229 e.